The first-order valence-corrected chi connectivity index (χ1v) is 22.3. The molecule has 0 spiro atoms. The third kappa shape index (κ3) is 5.52. The van der Waals surface area contributed by atoms with E-state index in [0.717, 1.165) is 22.4 Å². The molecule has 0 radical (unpaired) electrons. The second-order valence-corrected chi connectivity index (χ2v) is 18.0. The molecule has 9 aromatic carbocycles. The molecule has 302 valence electrons. The van der Waals surface area contributed by atoms with Gasteiger partial charge in [0.1, 0.15) is 0 Å². The summed E-state index contributed by atoms with van der Waals surface area (Å²) in [5.41, 5.74) is 11.6. The van der Waals surface area contributed by atoms with Crippen molar-refractivity contribution in [2.24, 2.45) is 5.92 Å². The molecule has 0 aliphatic heterocycles. The minimum absolute atomic E-state index is 0.0209. The van der Waals surface area contributed by atoms with Crippen LogP contribution in [0.2, 0.25) is 0 Å². The van der Waals surface area contributed by atoms with E-state index in [1.807, 2.05) is 18.2 Å². The highest BCUT2D eigenvalue weighted by Crippen LogP contribution is 2.55. The molecule has 2 aliphatic rings. The van der Waals surface area contributed by atoms with E-state index in [-0.39, 0.29) is 11.3 Å². The predicted octanol–water partition coefficient (Wildman–Crippen LogP) is 15.2. The lowest BCUT2D eigenvalue weighted by Gasteiger charge is -2.29. The van der Waals surface area contributed by atoms with Gasteiger partial charge >= 0.3 is 0 Å². The van der Waals surface area contributed by atoms with Crippen LogP contribution >= 0.6 is 0 Å². The van der Waals surface area contributed by atoms with Crippen molar-refractivity contribution in [2.75, 3.05) is 0 Å². The summed E-state index contributed by atoms with van der Waals surface area (Å²) >= 11 is 0. The van der Waals surface area contributed by atoms with Gasteiger partial charge in [-0.3, -0.25) is 0 Å². The highest BCUT2D eigenvalue weighted by Gasteiger charge is 2.45. The van der Waals surface area contributed by atoms with Gasteiger partial charge in [-0.15, -0.1) is 0 Å². The Hall–Kier alpha value is -7.95. The Bertz CT molecular complexity index is 3760. The van der Waals surface area contributed by atoms with Gasteiger partial charge < -0.3 is 4.57 Å². The van der Waals surface area contributed by atoms with Crippen molar-refractivity contribution in [3.8, 4) is 51.0 Å². The van der Waals surface area contributed by atoms with Crippen LogP contribution in [0.1, 0.15) is 30.9 Å². The number of hydrogen-bond acceptors (Lipinski definition) is 3. The molecule has 0 bridgehead atoms. The first kappa shape index (κ1) is 36.7. The standard InChI is InChI=1S/C60H42N4/c1-60(2)52-25-13-11-23-47(52)56-48(24-15-26-53(56)60)59-62-57(37-16-5-3-6-17-37)61-58(63-59)40-29-32-45-49-34-38(28-31-44(49)42-20-9-10-21-43(42)50(45)36-40)39-30-33-55-51(35-39)46-22-12-14-27-54(46)64(55)41-18-7-4-8-19-41/h3-36,47,52H,1-2H3. The molecule has 2 unspecified atom stereocenters. The molecule has 64 heavy (non-hydrogen) atoms. The van der Waals surface area contributed by atoms with E-state index in [0.29, 0.717) is 23.4 Å². The van der Waals surface area contributed by atoms with Crippen molar-refractivity contribution in [1.82, 2.24) is 19.5 Å². The number of para-hydroxylation sites is 2. The van der Waals surface area contributed by atoms with Gasteiger partial charge in [0.05, 0.1) is 11.0 Å². The lowest BCUT2D eigenvalue weighted by atomic mass is 9.74. The van der Waals surface area contributed by atoms with Gasteiger partial charge in [-0.1, -0.05) is 178 Å². The first-order valence-electron chi connectivity index (χ1n) is 22.3. The fourth-order valence-electron chi connectivity index (χ4n) is 11.1. The highest BCUT2D eigenvalue weighted by molar-refractivity contribution is 6.26. The summed E-state index contributed by atoms with van der Waals surface area (Å²) in [6.45, 7) is 4.74. The maximum atomic E-state index is 5.37. The summed E-state index contributed by atoms with van der Waals surface area (Å²) in [5.74, 6) is 2.67. The Morgan fingerprint density at radius 3 is 1.73 bits per heavy atom. The molecule has 11 aromatic rings. The first-order chi connectivity index (χ1) is 31.5. The van der Waals surface area contributed by atoms with E-state index in [2.05, 4.69) is 207 Å². The van der Waals surface area contributed by atoms with Crippen molar-refractivity contribution in [3.05, 3.63) is 217 Å². The van der Waals surface area contributed by atoms with Crippen molar-refractivity contribution in [3.63, 3.8) is 0 Å². The monoisotopic (exact) mass is 818 g/mol. The average molecular weight is 819 g/mol. The van der Waals surface area contributed by atoms with Crippen LogP contribution in [0.4, 0.5) is 0 Å². The number of benzene rings is 9. The van der Waals surface area contributed by atoms with E-state index < -0.39 is 0 Å². The molecule has 13 rings (SSSR count). The summed E-state index contributed by atoms with van der Waals surface area (Å²) in [4.78, 5) is 15.8. The molecule has 0 amide bonds. The number of allylic oxidation sites excluding steroid dienone is 4. The smallest absolute Gasteiger partial charge is 0.164 e. The van der Waals surface area contributed by atoms with Gasteiger partial charge in [-0.05, 0) is 108 Å². The minimum atomic E-state index is -0.0209. The highest BCUT2D eigenvalue weighted by atomic mass is 15.0. The zero-order valence-electron chi connectivity index (χ0n) is 35.6. The number of fused-ring (bicyclic) bond motifs is 12. The van der Waals surface area contributed by atoms with Crippen LogP contribution in [-0.4, -0.2) is 19.5 Å². The van der Waals surface area contributed by atoms with Crippen molar-refractivity contribution < 1.29 is 0 Å². The van der Waals surface area contributed by atoms with Crippen molar-refractivity contribution in [1.29, 1.82) is 0 Å². The Morgan fingerprint density at radius 1 is 0.406 bits per heavy atom. The molecule has 0 saturated heterocycles. The second-order valence-electron chi connectivity index (χ2n) is 18.0. The molecule has 0 N–H and O–H groups in total. The van der Waals surface area contributed by atoms with Crippen LogP contribution in [0.15, 0.2) is 206 Å². The van der Waals surface area contributed by atoms with Crippen molar-refractivity contribution >= 4 is 54.1 Å². The van der Waals surface area contributed by atoms with Gasteiger partial charge in [-0.25, -0.2) is 15.0 Å². The number of aromatic nitrogens is 4. The predicted molar refractivity (Wildman–Crippen MR) is 266 cm³/mol. The molecule has 2 aromatic heterocycles. The maximum Gasteiger partial charge on any atom is 0.164 e. The normalized spacial score (nSPS) is 16.3. The van der Waals surface area contributed by atoms with Gasteiger partial charge in [0.15, 0.2) is 17.5 Å². The Balaban J connectivity index is 0.989. The summed E-state index contributed by atoms with van der Waals surface area (Å²) < 4.78 is 2.37. The summed E-state index contributed by atoms with van der Waals surface area (Å²) in [6, 6.07) is 65.8. The van der Waals surface area contributed by atoms with E-state index in [1.54, 1.807) is 0 Å². The Labute approximate surface area is 371 Å². The largest absolute Gasteiger partial charge is 0.309 e. The zero-order chi connectivity index (χ0) is 42.5. The molecule has 4 nitrogen and oxygen atoms in total. The summed E-state index contributed by atoms with van der Waals surface area (Å²) in [5, 5.41) is 9.75. The Morgan fingerprint density at radius 2 is 0.953 bits per heavy atom. The molecule has 4 heteroatoms. The van der Waals surface area contributed by atoms with Gasteiger partial charge in [0.2, 0.25) is 0 Å². The minimum Gasteiger partial charge on any atom is -0.309 e. The van der Waals surface area contributed by atoms with E-state index in [1.165, 1.54) is 76.4 Å². The van der Waals surface area contributed by atoms with Gasteiger partial charge in [0.25, 0.3) is 0 Å². The molecule has 0 fully saturated rings. The molecule has 2 atom stereocenters. The number of rotatable bonds is 5. The number of nitrogens with zero attached hydrogens (tertiary/aromatic N) is 4. The third-order valence-electron chi connectivity index (χ3n) is 14.1. The fraction of sp³-hybridized carbons (Fsp3) is 0.0833. The van der Waals surface area contributed by atoms with E-state index in [9.17, 15) is 0 Å². The average Bonchev–Trinajstić information content (AvgIpc) is 3.82. The van der Waals surface area contributed by atoms with Crippen LogP contribution in [0.5, 0.6) is 0 Å². The zero-order valence-corrected chi connectivity index (χ0v) is 35.6. The van der Waals surface area contributed by atoms with Crippen LogP contribution < -0.4 is 0 Å². The summed E-state index contributed by atoms with van der Waals surface area (Å²) in [7, 11) is 0. The van der Waals surface area contributed by atoms with Crippen LogP contribution in [0.3, 0.4) is 0 Å². The quantitative estimate of drug-likeness (QED) is 0.163. The van der Waals surface area contributed by atoms with Crippen LogP contribution in [0.25, 0.3) is 105 Å². The lowest BCUT2D eigenvalue weighted by molar-refractivity contribution is 0.394. The van der Waals surface area contributed by atoms with Crippen LogP contribution in [-0.2, 0) is 5.41 Å². The van der Waals surface area contributed by atoms with E-state index in [4.69, 9.17) is 15.0 Å². The van der Waals surface area contributed by atoms with Gasteiger partial charge in [0, 0.05) is 39.1 Å². The molecule has 2 heterocycles. The number of hydrogen-bond donors (Lipinski definition) is 0. The van der Waals surface area contributed by atoms with Gasteiger partial charge in [-0.2, -0.15) is 0 Å². The van der Waals surface area contributed by atoms with E-state index >= 15 is 0 Å². The molecule has 0 saturated carbocycles. The molecule has 2 aliphatic carbocycles. The lowest BCUT2D eigenvalue weighted by Crippen LogP contribution is -2.24. The molecular weight excluding hydrogens is 777 g/mol. The summed E-state index contributed by atoms with van der Waals surface area (Å²) in [6.07, 6.45) is 9.12. The van der Waals surface area contributed by atoms with Crippen molar-refractivity contribution in [2.45, 2.75) is 25.2 Å². The topological polar surface area (TPSA) is 43.6 Å². The third-order valence-corrected chi connectivity index (χ3v) is 14.1. The van der Waals surface area contributed by atoms with Crippen LogP contribution in [0, 0.1) is 5.92 Å². The SMILES string of the molecule is CC1(C)c2cccc(-c3nc(-c4ccccc4)nc(-c4ccc5c6cc(-c7ccc8c(c7)c7ccccc7n8-c7ccccc7)ccc6c6ccccc6c5c4)n3)c2C2C=CC=CC21. The fourth-order valence-corrected chi connectivity index (χ4v) is 11.1. The maximum absolute atomic E-state index is 5.37. The Kier molecular flexibility index (Phi) is 8.04. The molecular formula is C60H42N4. The second kappa shape index (κ2) is 14.0.